The number of benzene rings is 4. The number of nitrogens with one attached hydrogen (secondary N) is 1. The van der Waals surface area contributed by atoms with Crippen molar-refractivity contribution in [3.8, 4) is 0 Å². The van der Waals surface area contributed by atoms with Gasteiger partial charge < -0.3 is 19.9 Å². The van der Waals surface area contributed by atoms with Crippen molar-refractivity contribution in [2.45, 2.75) is 65.1 Å². The highest BCUT2D eigenvalue weighted by molar-refractivity contribution is 9.10. The molecule has 318 valence electrons. The van der Waals surface area contributed by atoms with Gasteiger partial charge in [-0.2, -0.15) is 0 Å². The Hall–Kier alpha value is -6.55. The van der Waals surface area contributed by atoms with Gasteiger partial charge in [-0.25, -0.2) is 8.80 Å². The van der Waals surface area contributed by atoms with Crippen LogP contribution >= 0.6 is 15.9 Å². The predicted molar refractivity (Wildman–Crippen MR) is 246 cm³/mol. The number of aromatic nitrogens is 8. The Labute approximate surface area is 365 Å². The third-order valence-electron chi connectivity index (χ3n) is 11.5. The van der Waals surface area contributed by atoms with Crippen molar-refractivity contribution in [1.29, 1.82) is 0 Å². The average molecular weight is 899 g/mol. The number of carbonyl (C=O) groups is 1. The SMILES string of the molecule is CC(C)Nc1ccc2c(c1)c(=O)n(Cc1ccccc1)c1nnc(N3CCCC3)n21.COC(=O)Cc1ccc(Cn2c(=O)c3cc(Br)ccc3n3c(N4CCCC4)nnc23)cc1. The molecule has 1 N–H and O–H groups in total. The Morgan fingerprint density at radius 2 is 1.16 bits per heavy atom. The molecule has 0 aliphatic carbocycles. The van der Waals surface area contributed by atoms with Crippen molar-refractivity contribution in [3.05, 3.63) is 133 Å². The molecule has 4 aromatic carbocycles. The third kappa shape index (κ3) is 8.01. The minimum Gasteiger partial charge on any atom is -0.469 e. The van der Waals surface area contributed by atoms with Crippen LogP contribution in [0.25, 0.3) is 33.4 Å². The van der Waals surface area contributed by atoms with Crippen LogP contribution in [-0.4, -0.2) is 83.6 Å². The number of esters is 1. The summed E-state index contributed by atoms with van der Waals surface area (Å²) in [5.74, 6) is 2.41. The summed E-state index contributed by atoms with van der Waals surface area (Å²) in [6.07, 6.45) is 4.76. The average Bonchev–Trinajstić information content (AvgIpc) is 4.13. The molecule has 0 unspecified atom stereocenters. The van der Waals surface area contributed by atoms with E-state index in [-0.39, 0.29) is 29.6 Å². The maximum Gasteiger partial charge on any atom is 0.309 e. The number of hydrogen-bond acceptors (Lipinski definition) is 11. The van der Waals surface area contributed by atoms with Crippen molar-refractivity contribution in [2.24, 2.45) is 0 Å². The molecule has 0 atom stereocenters. The highest BCUT2D eigenvalue weighted by Crippen LogP contribution is 2.27. The largest absolute Gasteiger partial charge is 0.469 e. The van der Waals surface area contributed by atoms with E-state index in [2.05, 4.69) is 65.3 Å². The van der Waals surface area contributed by atoms with Crippen LogP contribution in [0.15, 0.2) is 105 Å². The summed E-state index contributed by atoms with van der Waals surface area (Å²) in [5.41, 5.74) is 5.27. The molecular formula is C46H48BrN11O4. The first kappa shape index (κ1) is 40.8. The Morgan fingerprint density at radius 3 is 1.69 bits per heavy atom. The summed E-state index contributed by atoms with van der Waals surface area (Å²) in [4.78, 5) is 43.0. The predicted octanol–water partition coefficient (Wildman–Crippen LogP) is 6.68. The zero-order valence-electron chi connectivity index (χ0n) is 35.0. The van der Waals surface area contributed by atoms with Crippen molar-refractivity contribution < 1.29 is 9.53 Å². The molecule has 0 bridgehead atoms. The second-order valence-electron chi connectivity index (χ2n) is 16.2. The molecule has 0 radical (unpaired) electrons. The first-order valence-corrected chi connectivity index (χ1v) is 21.9. The van der Waals surface area contributed by atoms with Gasteiger partial charge in [-0.1, -0.05) is 70.5 Å². The Balaban J connectivity index is 0.000000158. The number of fused-ring (bicyclic) bond motifs is 6. The first-order chi connectivity index (χ1) is 30.2. The molecule has 2 fully saturated rings. The molecule has 6 heterocycles. The van der Waals surface area contributed by atoms with Gasteiger partial charge in [-0.05, 0) is 92.6 Å². The third-order valence-corrected chi connectivity index (χ3v) is 12.0. The van der Waals surface area contributed by atoms with Gasteiger partial charge in [0.25, 0.3) is 11.1 Å². The Morgan fingerprint density at radius 1 is 0.661 bits per heavy atom. The number of methoxy groups -OCH3 is 1. The van der Waals surface area contributed by atoms with Gasteiger partial charge in [0.15, 0.2) is 0 Å². The monoisotopic (exact) mass is 897 g/mol. The lowest BCUT2D eigenvalue weighted by Gasteiger charge is -2.18. The second-order valence-corrected chi connectivity index (χ2v) is 17.1. The molecule has 10 rings (SSSR count). The molecule has 4 aromatic heterocycles. The fourth-order valence-corrected chi connectivity index (χ4v) is 8.83. The smallest absolute Gasteiger partial charge is 0.309 e. The molecule has 0 saturated carbocycles. The lowest BCUT2D eigenvalue weighted by molar-refractivity contribution is -0.139. The van der Waals surface area contributed by atoms with Crippen LogP contribution in [0.2, 0.25) is 0 Å². The molecule has 8 aromatic rings. The van der Waals surface area contributed by atoms with Crippen LogP contribution in [0, 0.1) is 0 Å². The zero-order valence-corrected chi connectivity index (χ0v) is 36.6. The van der Waals surface area contributed by atoms with E-state index in [1.165, 1.54) is 7.11 Å². The van der Waals surface area contributed by atoms with E-state index in [1.54, 1.807) is 9.13 Å². The van der Waals surface area contributed by atoms with Crippen LogP contribution in [0.3, 0.4) is 0 Å². The van der Waals surface area contributed by atoms with Gasteiger partial charge in [0.1, 0.15) is 0 Å². The van der Waals surface area contributed by atoms with Gasteiger partial charge in [0, 0.05) is 42.4 Å². The lowest BCUT2D eigenvalue weighted by atomic mass is 10.1. The van der Waals surface area contributed by atoms with E-state index in [9.17, 15) is 14.4 Å². The van der Waals surface area contributed by atoms with Crippen LogP contribution in [0.1, 0.15) is 56.2 Å². The van der Waals surface area contributed by atoms with E-state index in [0.717, 1.165) is 102 Å². The first-order valence-electron chi connectivity index (χ1n) is 21.1. The normalized spacial score (nSPS) is 14.1. The topological polar surface area (TPSA) is 149 Å². The summed E-state index contributed by atoms with van der Waals surface area (Å²) >= 11 is 3.49. The summed E-state index contributed by atoms with van der Waals surface area (Å²) in [6, 6.07) is 29.6. The van der Waals surface area contributed by atoms with Crippen LogP contribution in [0.5, 0.6) is 0 Å². The van der Waals surface area contributed by atoms with Gasteiger partial charge >= 0.3 is 5.97 Å². The number of nitrogens with zero attached hydrogens (tertiary/aromatic N) is 10. The van der Waals surface area contributed by atoms with Crippen LogP contribution in [-0.2, 0) is 29.0 Å². The Bertz CT molecular complexity index is 3040. The fourth-order valence-electron chi connectivity index (χ4n) is 8.47. The fraction of sp³-hybridized carbons (Fsp3) is 0.326. The van der Waals surface area contributed by atoms with E-state index in [4.69, 9.17) is 4.74 Å². The summed E-state index contributed by atoms with van der Waals surface area (Å²) in [6.45, 7) is 8.78. The van der Waals surface area contributed by atoms with E-state index in [1.807, 2.05) is 99.8 Å². The quantitative estimate of drug-likeness (QED) is 0.147. The molecule has 2 saturated heterocycles. The molecule has 2 aliphatic rings. The van der Waals surface area contributed by atoms with Crippen molar-refractivity contribution in [2.75, 3.05) is 48.4 Å². The number of ether oxygens (including phenoxy) is 1. The number of carbonyl (C=O) groups excluding carboxylic acids is 1. The molecule has 62 heavy (non-hydrogen) atoms. The number of rotatable bonds is 10. The van der Waals surface area contributed by atoms with Crippen molar-refractivity contribution in [3.63, 3.8) is 0 Å². The zero-order chi connectivity index (χ0) is 42.9. The maximum absolute atomic E-state index is 13.6. The molecule has 0 amide bonds. The highest BCUT2D eigenvalue weighted by Gasteiger charge is 2.25. The highest BCUT2D eigenvalue weighted by atomic mass is 79.9. The molecule has 2 aliphatic heterocycles. The van der Waals surface area contributed by atoms with E-state index < -0.39 is 0 Å². The number of halogens is 1. The van der Waals surface area contributed by atoms with Gasteiger partial charge in [-0.3, -0.25) is 23.5 Å². The molecule has 0 spiro atoms. The molecular weight excluding hydrogens is 850 g/mol. The number of anilines is 3. The van der Waals surface area contributed by atoms with Crippen LogP contribution in [0.4, 0.5) is 17.6 Å². The minimum absolute atomic E-state index is 0.0471. The van der Waals surface area contributed by atoms with Crippen molar-refractivity contribution >= 4 is 72.8 Å². The standard InChI is InChI=1S/C23H22BrN5O3.C23H26N6O/c1-32-20(30)12-15-4-6-16(7-5-15)14-28-21(31)18-13-17(24)8-9-19(18)29-22(25-26-23(28)29)27-10-2-3-11-27;1-16(2)24-18-10-11-20-19(14-18)21(30)28(15-17-8-4-3-5-9-17)23-26-25-22(29(20)23)27-12-6-7-13-27/h4-9,13H,2-3,10-12,14H2,1H3;3-5,8-11,14,16,24H,6-7,12-13,15H2,1-2H3. The van der Waals surface area contributed by atoms with Gasteiger partial charge in [-0.15, -0.1) is 20.4 Å². The van der Waals surface area contributed by atoms with Gasteiger partial charge in [0.05, 0.1) is 48.4 Å². The second kappa shape index (κ2) is 17.4. The Kier molecular flexibility index (Phi) is 11.5. The van der Waals surface area contributed by atoms with Crippen molar-refractivity contribution in [1.82, 2.24) is 38.3 Å². The van der Waals surface area contributed by atoms with Crippen LogP contribution < -0.4 is 26.2 Å². The maximum atomic E-state index is 13.6. The molecule has 15 nitrogen and oxygen atoms in total. The summed E-state index contributed by atoms with van der Waals surface area (Å²) < 4.78 is 13.0. The van der Waals surface area contributed by atoms with E-state index >= 15 is 0 Å². The number of hydrogen-bond donors (Lipinski definition) is 1. The minimum atomic E-state index is -0.284. The summed E-state index contributed by atoms with van der Waals surface area (Å²) in [5, 5.41) is 22.5. The van der Waals surface area contributed by atoms with Gasteiger partial charge in [0.2, 0.25) is 23.5 Å². The lowest BCUT2D eigenvalue weighted by Crippen LogP contribution is -2.26. The summed E-state index contributed by atoms with van der Waals surface area (Å²) in [7, 11) is 1.38. The van der Waals surface area contributed by atoms with E-state index in [0.29, 0.717) is 35.4 Å². The molecule has 16 heteroatoms.